The summed E-state index contributed by atoms with van der Waals surface area (Å²) in [5, 5.41) is 10.1. The summed E-state index contributed by atoms with van der Waals surface area (Å²) in [6.45, 7) is 9.31. The predicted octanol–water partition coefficient (Wildman–Crippen LogP) is 1.06. The van der Waals surface area contributed by atoms with E-state index in [1.54, 1.807) is 0 Å². The second-order valence-corrected chi connectivity index (χ2v) is 7.36. The van der Waals surface area contributed by atoms with Gasteiger partial charge < -0.3 is 5.11 Å². The van der Waals surface area contributed by atoms with Crippen molar-refractivity contribution in [2.24, 2.45) is 5.92 Å². The van der Waals surface area contributed by atoms with Crippen LogP contribution in [-0.2, 0) is 10.2 Å². The highest BCUT2D eigenvalue weighted by Crippen LogP contribution is 2.31. The van der Waals surface area contributed by atoms with Gasteiger partial charge in [0.25, 0.3) is 10.2 Å². The maximum absolute atomic E-state index is 12.3. The molecule has 1 heterocycles. The monoisotopic (exact) mass is 278 g/mol. The smallest absolute Gasteiger partial charge is 0.282 e. The van der Waals surface area contributed by atoms with Gasteiger partial charge in [-0.15, -0.1) is 0 Å². The molecule has 0 bridgehead atoms. The molecule has 0 aromatic carbocycles. The number of hydrogen-bond acceptors (Lipinski definition) is 3. The Bertz CT molecular complexity index is 356. The van der Waals surface area contributed by atoms with Crippen molar-refractivity contribution in [2.75, 3.05) is 26.2 Å². The van der Waals surface area contributed by atoms with Crippen LogP contribution < -0.4 is 0 Å². The van der Waals surface area contributed by atoms with Crippen LogP contribution in [0.3, 0.4) is 0 Å². The average Bonchev–Trinajstić information content (AvgIpc) is 2.24. The molecule has 1 rings (SSSR count). The molecule has 0 atom stereocenters. The van der Waals surface area contributed by atoms with Crippen LogP contribution >= 0.6 is 0 Å². The summed E-state index contributed by atoms with van der Waals surface area (Å²) >= 11 is 0. The van der Waals surface area contributed by atoms with Crippen LogP contribution in [0.25, 0.3) is 0 Å². The van der Waals surface area contributed by atoms with Crippen molar-refractivity contribution < 1.29 is 13.5 Å². The van der Waals surface area contributed by atoms with Crippen LogP contribution in [0, 0.1) is 5.92 Å². The first kappa shape index (κ1) is 15.9. The Morgan fingerprint density at radius 3 is 2.00 bits per heavy atom. The molecule has 5 nitrogen and oxygen atoms in total. The second kappa shape index (κ2) is 5.86. The fraction of sp³-hybridized carbons (Fsp3) is 1.00. The SMILES string of the molecule is CCCN(CCC)S(=O)(=O)N1CC(O)(C(C)C)C1. The fourth-order valence-corrected chi connectivity index (χ4v) is 4.02. The summed E-state index contributed by atoms with van der Waals surface area (Å²) in [6, 6.07) is 0. The van der Waals surface area contributed by atoms with Gasteiger partial charge in [-0.3, -0.25) is 0 Å². The van der Waals surface area contributed by atoms with Gasteiger partial charge in [-0.1, -0.05) is 27.7 Å². The first-order chi connectivity index (χ1) is 8.28. The zero-order chi connectivity index (χ0) is 14.0. The quantitative estimate of drug-likeness (QED) is 0.757. The van der Waals surface area contributed by atoms with Crippen LogP contribution in [0.15, 0.2) is 0 Å². The van der Waals surface area contributed by atoms with Gasteiger partial charge in [-0.25, -0.2) is 0 Å². The van der Waals surface area contributed by atoms with Gasteiger partial charge in [0.2, 0.25) is 0 Å². The summed E-state index contributed by atoms with van der Waals surface area (Å²) in [6.07, 6.45) is 1.61. The number of aliphatic hydroxyl groups is 1. The molecule has 1 saturated heterocycles. The molecule has 0 saturated carbocycles. The maximum Gasteiger partial charge on any atom is 0.282 e. The molecule has 1 aliphatic heterocycles. The molecule has 0 aliphatic carbocycles. The molecular weight excluding hydrogens is 252 g/mol. The third-order valence-electron chi connectivity index (χ3n) is 3.57. The lowest BCUT2D eigenvalue weighted by Gasteiger charge is -2.49. The normalized spacial score (nSPS) is 20.4. The molecule has 1 aliphatic rings. The molecule has 0 aromatic rings. The standard InChI is InChI=1S/C12H26N2O3S/c1-5-7-13(8-6-2)18(16,17)14-9-12(15,10-14)11(3)4/h11,15H,5-10H2,1-4H3. The Morgan fingerprint density at radius 2 is 1.67 bits per heavy atom. The largest absolute Gasteiger partial charge is 0.387 e. The predicted molar refractivity (Wildman–Crippen MR) is 72.4 cm³/mol. The Kier molecular flexibility index (Phi) is 5.17. The van der Waals surface area contributed by atoms with E-state index in [0.717, 1.165) is 12.8 Å². The van der Waals surface area contributed by atoms with Crippen molar-refractivity contribution in [1.82, 2.24) is 8.61 Å². The molecule has 18 heavy (non-hydrogen) atoms. The highest BCUT2D eigenvalue weighted by Gasteiger charge is 2.49. The molecule has 0 unspecified atom stereocenters. The number of nitrogens with zero attached hydrogens (tertiary/aromatic N) is 2. The molecule has 0 aromatic heterocycles. The zero-order valence-corrected chi connectivity index (χ0v) is 12.7. The molecule has 108 valence electrons. The van der Waals surface area contributed by atoms with Crippen LogP contribution in [0.5, 0.6) is 0 Å². The summed E-state index contributed by atoms with van der Waals surface area (Å²) in [5.41, 5.74) is -0.850. The molecular formula is C12H26N2O3S. The van der Waals surface area contributed by atoms with E-state index in [1.165, 1.54) is 8.61 Å². The minimum Gasteiger partial charge on any atom is -0.387 e. The Balaban J connectivity index is 2.71. The van der Waals surface area contributed by atoms with Gasteiger partial charge in [0.05, 0.1) is 5.60 Å². The minimum atomic E-state index is -3.39. The lowest BCUT2D eigenvalue weighted by atomic mass is 9.85. The average molecular weight is 278 g/mol. The Morgan fingerprint density at radius 1 is 1.22 bits per heavy atom. The first-order valence-corrected chi connectivity index (χ1v) is 8.15. The maximum atomic E-state index is 12.3. The topological polar surface area (TPSA) is 60.9 Å². The Labute approximate surface area is 111 Å². The molecule has 0 radical (unpaired) electrons. The van der Waals surface area contributed by atoms with E-state index in [9.17, 15) is 13.5 Å². The Hall–Kier alpha value is -0.170. The van der Waals surface area contributed by atoms with Crippen molar-refractivity contribution >= 4 is 10.2 Å². The van der Waals surface area contributed by atoms with E-state index in [1.807, 2.05) is 27.7 Å². The molecule has 0 amide bonds. The van der Waals surface area contributed by atoms with Crippen LogP contribution in [0.4, 0.5) is 0 Å². The van der Waals surface area contributed by atoms with Crippen molar-refractivity contribution in [3.63, 3.8) is 0 Å². The van der Waals surface area contributed by atoms with Crippen LogP contribution in [0.1, 0.15) is 40.5 Å². The summed E-state index contributed by atoms with van der Waals surface area (Å²) in [4.78, 5) is 0. The summed E-state index contributed by atoms with van der Waals surface area (Å²) < 4.78 is 27.6. The van der Waals surface area contributed by atoms with E-state index in [4.69, 9.17) is 0 Å². The highest BCUT2D eigenvalue weighted by molar-refractivity contribution is 7.86. The first-order valence-electron chi connectivity index (χ1n) is 6.75. The summed E-state index contributed by atoms with van der Waals surface area (Å²) in [5.74, 6) is 0.0785. The van der Waals surface area contributed by atoms with E-state index < -0.39 is 15.8 Å². The van der Waals surface area contributed by atoms with Crippen LogP contribution in [0.2, 0.25) is 0 Å². The van der Waals surface area contributed by atoms with E-state index in [0.29, 0.717) is 13.1 Å². The van der Waals surface area contributed by atoms with E-state index in [2.05, 4.69) is 0 Å². The fourth-order valence-electron chi connectivity index (χ4n) is 2.10. The molecule has 1 N–H and O–H groups in total. The third kappa shape index (κ3) is 3.04. The van der Waals surface area contributed by atoms with Crippen molar-refractivity contribution in [3.8, 4) is 0 Å². The lowest BCUT2D eigenvalue weighted by Crippen LogP contribution is -2.67. The summed E-state index contributed by atoms with van der Waals surface area (Å²) in [7, 11) is -3.39. The second-order valence-electron chi connectivity index (χ2n) is 5.43. The number of rotatable bonds is 7. The molecule has 1 fully saturated rings. The van der Waals surface area contributed by atoms with Crippen LogP contribution in [-0.4, -0.2) is 53.9 Å². The van der Waals surface area contributed by atoms with Crippen molar-refractivity contribution in [1.29, 1.82) is 0 Å². The molecule has 0 spiro atoms. The van der Waals surface area contributed by atoms with Crippen molar-refractivity contribution in [2.45, 2.75) is 46.1 Å². The van der Waals surface area contributed by atoms with Gasteiger partial charge >= 0.3 is 0 Å². The van der Waals surface area contributed by atoms with E-state index in [-0.39, 0.29) is 19.0 Å². The minimum absolute atomic E-state index is 0.0785. The zero-order valence-electron chi connectivity index (χ0n) is 11.9. The van der Waals surface area contributed by atoms with Crippen molar-refractivity contribution in [3.05, 3.63) is 0 Å². The third-order valence-corrected chi connectivity index (χ3v) is 5.50. The van der Waals surface area contributed by atoms with Gasteiger partial charge in [0, 0.05) is 26.2 Å². The highest BCUT2D eigenvalue weighted by atomic mass is 32.2. The number of hydrogen-bond donors (Lipinski definition) is 1. The number of β-amino-alcohol motifs (C(OH)–C–C–N with tert-alkyl or cyclic N) is 1. The van der Waals surface area contributed by atoms with Gasteiger partial charge in [0.1, 0.15) is 0 Å². The lowest BCUT2D eigenvalue weighted by molar-refractivity contribution is -0.0950. The van der Waals surface area contributed by atoms with E-state index >= 15 is 0 Å². The van der Waals surface area contributed by atoms with Gasteiger partial charge in [-0.05, 0) is 18.8 Å². The van der Waals surface area contributed by atoms with Gasteiger partial charge in [-0.2, -0.15) is 17.0 Å². The van der Waals surface area contributed by atoms with Gasteiger partial charge in [0.15, 0.2) is 0 Å². The molecule has 6 heteroatoms.